The maximum absolute atomic E-state index is 11.9. The van der Waals surface area contributed by atoms with E-state index < -0.39 is 0 Å². The van der Waals surface area contributed by atoms with E-state index in [1.165, 1.54) is 0 Å². The topological polar surface area (TPSA) is 54.0 Å². The van der Waals surface area contributed by atoms with Crippen molar-refractivity contribution in [1.82, 2.24) is 10.3 Å². The Kier molecular flexibility index (Phi) is 5.07. The molecule has 1 aromatic heterocycles. The van der Waals surface area contributed by atoms with Crippen molar-refractivity contribution in [2.45, 2.75) is 32.7 Å². The Hall–Kier alpha value is -1.94. The number of pyridine rings is 1. The van der Waals surface area contributed by atoms with Crippen LogP contribution in [0, 0.1) is 0 Å². The molecule has 20 heavy (non-hydrogen) atoms. The van der Waals surface area contributed by atoms with Crippen LogP contribution in [0.25, 0.3) is 10.9 Å². The molecule has 0 fully saturated rings. The van der Waals surface area contributed by atoms with E-state index in [1.54, 1.807) is 6.20 Å². The quantitative estimate of drug-likeness (QED) is 0.849. The number of para-hydroxylation sites is 1. The lowest BCUT2D eigenvalue weighted by molar-refractivity contribution is -0.116. The molecule has 0 spiro atoms. The Morgan fingerprint density at radius 3 is 2.90 bits per heavy atom. The standard InChI is InChI=1S/C16H21N3O/c1-3-12(2)17-11-9-15(20)19-14-8-4-6-13-7-5-10-18-16(13)14/h4-8,10,12,17H,3,9,11H2,1-2H3,(H,19,20). The second-order valence-electron chi connectivity index (χ2n) is 4.94. The van der Waals surface area contributed by atoms with Crippen LogP contribution in [0.5, 0.6) is 0 Å². The lowest BCUT2D eigenvalue weighted by atomic mass is 10.2. The summed E-state index contributed by atoms with van der Waals surface area (Å²) in [5, 5.41) is 7.28. The summed E-state index contributed by atoms with van der Waals surface area (Å²) in [6, 6.07) is 10.1. The van der Waals surface area contributed by atoms with Crippen LogP contribution in [0.2, 0.25) is 0 Å². The summed E-state index contributed by atoms with van der Waals surface area (Å²) in [7, 11) is 0. The van der Waals surface area contributed by atoms with Crippen molar-refractivity contribution >= 4 is 22.5 Å². The summed E-state index contributed by atoms with van der Waals surface area (Å²) in [6.45, 7) is 4.94. The molecule has 4 heteroatoms. The number of amides is 1. The number of hydrogen-bond donors (Lipinski definition) is 2. The van der Waals surface area contributed by atoms with Gasteiger partial charge in [0.1, 0.15) is 0 Å². The first-order valence-electron chi connectivity index (χ1n) is 7.07. The Labute approximate surface area is 119 Å². The van der Waals surface area contributed by atoms with Gasteiger partial charge in [0.2, 0.25) is 5.91 Å². The number of fused-ring (bicyclic) bond motifs is 1. The number of nitrogens with zero attached hydrogens (tertiary/aromatic N) is 1. The lowest BCUT2D eigenvalue weighted by Gasteiger charge is -2.11. The van der Waals surface area contributed by atoms with E-state index in [1.807, 2.05) is 30.3 Å². The van der Waals surface area contributed by atoms with Gasteiger partial charge in [-0.2, -0.15) is 0 Å². The second kappa shape index (κ2) is 7.01. The summed E-state index contributed by atoms with van der Waals surface area (Å²) >= 11 is 0. The van der Waals surface area contributed by atoms with Crippen molar-refractivity contribution in [3.05, 3.63) is 36.5 Å². The zero-order valence-corrected chi connectivity index (χ0v) is 12.0. The third-order valence-corrected chi connectivity index (χ3v) is 3.36. The average molecular weight is 271 g/mol. The van der Waals surface area contributed by atoms with Gasteiger partial charge in [-0.05, 0) is 25.5 Å². The SMILES string of the molecule is CCC(C)NCCC(=O)Nc1cccc2cccnc12. The molecule has 2 rings (SSSR count). The maximum Gasteiger partial charge on any atom is 0.225 e. The highest BCUT2D eigenvalue weighted by Gasteiger charge is 2.06. The molecule has 0 bridgehead atoms. The van der Waals surface area contributed by atoms with Crippen LogP contribution in [-0.4, -0.2) is 23.5 Å². The summed E-state index contributed by atoms with van der Waals surface area (Å²) in [5.41, 5.74) is 1.61. The Balaban J connectivity index is 1.96. The van der Waals surface area contributed by atoms with Crippen molar-refractivity contribution in [3.63, 3.8) is 0 Å². The first-order chi connectivity index (χ1) is 9.70. The minimum atomic E-state index is 0.0129. The number of carbonyl (C=O) groups is 1. The molecule has 2 aromatic rings. The molecule has 4 nitrogen and oxygen atoms in total. The number of nitrogens with one attached hydrogen (secondary N) is 2. The highest BCUT2D eigenvalue weighted by Crippen LogP contribution is 2.20. The zero-order valence-electron chi connectivity index (χ0n) is 12.0. The highest BCUT2D eigenvalue weighted by atomic mass is 16.1. The molecule has 0 radical (unpaired) electrons. The minimum Gasteiger partial charge on any atom is -0.324 e. The third kappa shape index (κ3) is 3.78. The van der Waals surface area contributed by atoms with E-state index in [2.05, 4.69) is 29.5 Å². The summed E-state index contributed by atoms with van der Waals surface area (Å²) < 4.78 is 0. The number of carbonyl (C=O) groups excluding carboxylic acids is 1. The van der Waals surface area contributed by atoms with Crippen molar-refractivity contribution in [1.29, 1.82) is 0 Å². The molecule has 1 amide bonds. The largest absolute Gasteiger partial charge is 0.324 e. The fourth-order valence-electron chi connectivity index (χ4n) is 1.99. The molecule has 2 N–H and O–H groups in total. The van der Waals surface area contributed by atoms with E-state index in [0.717, 1.165) is 23.0 Å². The van der Waals surface area contributed by atoms with Gasteiger partial charge in [0.25, 0.3) is 0 Å². The monoisotopic (exact) mass is 271 g/mol. The van der Waals surface area contributed by atoms with Gasteiger partial charge in [-0.1, -0.05) is 25.1 Å². The molecule has 0 saturated heterocycles. The number of anilines is 1. The Morgan fingerprint density at radius 1 is 1.30 bits per heavy atom. The molecule has 0 aliphatic rings. The van der Waals surface area contributed by atoms with E-state index >= 15 is 0 Å². The first-order valence-corrected chi connectivity index (χ1v) is 7.07. The molecular formula is C16H21N3O. The molecule has 0 aliphatic carbocycles. The highest BCUT2D eigenvalue weighted by molar-refractivity contribution is 6.00. The van der Waals surface area contributed by atoms with Crippen molar-refractivity contribution in [2.24, 2.45) is 0 Å². The third-order valence-electron chi connectivity index (χ3n) is 3.36. The van der Waals surface area contributed by atoms with Gasteiger partial charge in [0.05, 0.1) is 11.2 Å². The van der Waals surface area contributed by atoms with E-state index in [-0.39, 0.29) is 5.91 Å². The summed E-state index contributed by atoms with van der Waals surface area (Å²) in [4.78, 5) is 16.3. The van der Waals surface area contributed by atoms with E-state index in [4.69, 9.17) is 0 Å². The van der Waals surface area contributed by atoms with Gasteiger partial charge in [0, 0.05) is 30.6 Å². The molecule has 106 valence electrons. The molecule has 1 unspecified atom stereocenters. The molecule has 1 heterocycles. The first kappa shape index (κ1) is 14.5. The Bertz CT molecular complexity index is 577. The average Bonchev–Trinajstić information content (AvgIpc) is 2.47. The molecular weight excluding hydrogens is 250 g/mol. The van der Waals surface area contributed by atoms with Crippen molar-refractivity contribution in [3.8, 4) is 0 Å². The minimum absolute atomic E-state index is 0.0129. The summed E-state index contributed by atoms with van der Waals surface area (Å²) in [6.07, 6.45) is 3.27. The van der Waals surface area contributed by atoms with Crippen LogP contribution in [0.4, 0.5) is 5.69 Å². The normalized spacial score (nSPS) is 12.3. The van der Waals surface area contributed by atoms with Crippen molar-refractivity contribution < 1.29 is 4.79 Å². The molecule has 1 atom stereocenters. The number of aromatic nitrogens is 1. The molecule has 0 aliphatic heterocycles. The fourth-order valence-corrected chi connectivity index (χ4v) is 1.99. The number of benzene rings is 1. The number of hydrogen-bond acceptors (Lipinski definition) is 3. The van der Waals surface area contributed by atoms with Gasteiger partial charge in [-0.15, -0.1) is 0 Å². The number of rotatable bonds is 6. The fraction of sp³-hybridized carbons (Fsp3) is 0.375. The van der Waals surface area contributed by atoms with E-state index in [0.29, 0.717) is 19.0 Å². The van der Waals surface area contributed by atoms with Crippen molar-refractivity contribution in [2.75, 3.05) is 11.9 Å². The second-order valence-corrected chi connectivity index (χ2v) is 4.94. The Morgan fingerprint density at radius 2 is 2.10 bits per heavy atom. The summed E-state index contributed by atoms with van der Waals surface area (Å²) in [5.74, 6) is 0.0129. The molecule has 0 saturated carbocycles. The maximum atomic E-state index is 11.9. The van der Waals surface area contributed by atoms with Crippen LogP contribution in [-0.2, 0) is 4.79 Å². The van der Waals surface area contributed by atoms with Gasteiger partial charge in [-0.25, -0.2) is 0 Å². The van der Waals surface area contributed by atoms with E-state index in [9.17, 15) is 4.79 Å². The van der Waals surface area contributed by atoms with Crippen LogP contribution in [0.3, 0.4) is 0 Å². The van der Waals surface area contributed by atoms with Crippen LogP contribution >= 0.6 is 0 Å². The van der Waals surface area contributed by atoms with Gasteiger partial charge in [-0.3, -0.25) is 9.78 Å². The van der Waals surface area contributed by atoms with Crippen LogP contribution < -0.4 is 10.6 Å². The molecule has 1 aromatic carbocycles. The van der Waals surface area contributed by atoms with Crippen LogP contribution in [0.1, 0.15) is 26.7 Å². The van der Waals surface area contributed by atoms with Crippen LogP contribution in [0.15, 0.2) is 36.5 Å². The smallest absolute Gasteiger partial charge is 0.225 e. The zero-order chi connectivity index (χ0) is 14.4. The van der Waals surface area contributed by atoms with Gasteiger partial charge >= 0.3 is 0 Å². The van der Waals surface area contributed by atoms with Gasteiger partial charge in [0.15, 0.2) is 0 Å². The predicted octanol–water partition coefficient (Wildman–Crippen LogP) is 2.95. The van der Waals surface area contributed by atoms with Gasteiger partial charge < -0.3 is 10.6 Å². The predicted molar refractivity (Wildman–Crippen MR) is 82.7 cm³/mol. The lowest BCUT2D eigenvalue weighted by Crippen LogP contribution is -2.29.